The van der Waals surface area contributed by atoms with Gasteiger partial charge in [-0.05, 0) is 29.8 Å². The number of rotatable bonds is 7. The molecule has 0 aliphatic heterocycles. The van der Waals surface area contributed by atoms with Crippen molar-refractivity contribution in [1.29, 1.82) is 0 Å². The third-order valence-corrected chi connectivity index (χ3v) is 4.88. The van der Waals surface area contributed by atoms with Gasteiger partial charge in [-0.2, -0.15) is 0 Å². The van der Waals surface area contributed by atoms with Crippen LogP contribution in [0.5, 0.6) is 0 Å². The van der Waals surface area contributed by atoms with Gasteiger partial charge >= 0.3 is 0 Å². The Bertz CT molecular complexity index is 818. The van der Waals surface area contributed by atoms with Crippen LogP contribution in [0.3, 0.4) is 0 Å². The van der Waals surface area contributed by atoms with E-state index >= 15 is 0 Å². The Morgan fingerprint density at radius 3 is 2.44 bits per heavy atom. The van der Waals surface area contributed by atoms with E-state index in [0.29, 0.717) is 23.1 Å². The maximum atomic E-state index is 9.42. The Kier molecular flexibility index (Phi) is 6.16. The van der Waals surface area contributed by atoms with E-state index < -0.39 is 0 Å². The molecule has 1 aromatic heterocycles. The van der Waals surface area contributed by atoms with Gasteiger partial charge in [-0.1, -0.05) is 59.6 Å². The minimum absolute atomic E-state index is 0.117. The molecule has 0 amide bonds. The van der Waals surface area contributed by atoms with Crippen molar-refractivity contribution in [3.63, 3.8) is 0 Å². The average molecular weight is 375 g/mol. The van der Waals surface area contributed by atoms with Gasteiger partial charge in [-0.25, -0.2) is 0 Å². The number of hydrogen-bond donors (Lipinski definition) is 1. The Hall–Kier alpha value is -1.78. The van der Waals surface area contributed by atoms with Gasteiger partial charge in [0.25, 0.3) is 0 Å². The van der Waals surface area contributed by atoms with Crippen LogP contribution in [0.25, 0.3) is 5.69 Å². The monoisotopic (exact) mass is 374 g/mol. The van der Waals surface area contributed by atoms with Crippen molar-refractivity contribution in [3.05, 3.63) is 88.2 Å². The van der Waals surface area contributed by atoms with Crippen LogP contribution in [0, 0.1) is 0 Å². The third kappa shape index (κ3) is 4.44. The predicted octanol–water partition coefficient (Wildman–Crippen LogP) is 4.78. The Balaban J connectivity index is 1.84. The van der Waals surface area contributed by atoms with E-state index in [1.54, 1.807) is 6.07 Å². The second-order valence-electron chi connectivity index (χ2n) is 5.86. The molecule has 0 bridgehead atoms. The zero-order chi connectivity index (χ0) is 17.6. The number of hydrogen-bond acceptors (Lipinski definition) is 2. The molecular formula is C20H20Cl2N2O. The fraction of sp³-hybridized carbons (Fsp3) is 0.200. The molecule has 130 valence electrons. The van der Waals surface area contributed by atoms with Crippen molar-refractivity contribution < 1.29 is 5.11 Å². The van der Waals surface area contributed by atoms with Crippen LogP contribution < -0.4 is 0 Å². The van der Waals surface area contributed by atoms with Crippen molar-refractivity contribution in [3.8, 4) is 5.69 Å². The molecule has 3 aromatic rings. The summed E-state index contributed by atoms with van der Waals surface area (Å²) in [6, 6.07) is 19.9. The first-order valence-corrected chi connectivity index (χ1v) is 8.92. The van der Waals surface area contributed by atoms with Gasteiger partial charge < -0.3 is 9.67 Å². The van der Waals surface area contributed by atoms with E-state index in [2.05, 4.69) is 23.1 Å². The summed E-state index contributed by atoms with van der Waals surface area (Å²) in [5.41, 5.74) is 3.17. The molecule has 2 aromatic carbocycles. The lowest BCUT2D eigenvalue weighted by molar-refractivity contribution is 0.182. The normalized spacial score (nSPS) is 11.2. The molecule has 1 heterocycles. The molecule has 1 N–H and O–H groups in total. The van der Waals surface area contributed by atoms with E-state index in [9.17, 15) is 5.11 Å². The van der Waals surface area contributed by atoms with Gasteiger partial charge in [-0.15, -0.1) is 0 Å². The standard InChI is InChI=1S/C20H20Cl2N2O/c21-18-9-4-10-19(20(18)22)24-11-5-8-17(24)15-23(12-13-25)14-16-6-2-1-3-7-16/h1-11,25H,12-15H2. The molecule has 25 heavy (non-hydrogen) atoms. The third-order valence-electron chi connectivity index (χ3n) is 4.07. The second-order valence-corrected chi connectivity index (χ2v) is 6.65. The van der Waals surface area contributed by atoms with E-state index in [1.807, 2.05) is 47.2 Å². The summed E-state index contributed by atoms with van der Waals surface area (Å²) in [6.45, 7) is 2.19. The molecule has 0 radical (unpaired) electrons. The van der Waals surface area contributed by atoms with E-state index in [-0.39, 0.29) is 6.61 Å². The van der Waals surface area contributed by atoms with Crippen molar-refractivity contribution in [1.82, 2.24) is 9.47 Å². The first kappa shape index (κ1) is 18.0. The molecule has 5 heteroatoms. The second kappa shape index (κ2) is 8.54. The smallest absolute Gasteiger partial charge is 0.0832 e. The highest BCUT2D eigenvalue weighted by molar-refractivity contribution is 6.43. The molecular weight excluding hydrogens is 355 g/mol. The maximum Gasteiger partial charge on any atom is 0.0832 e. The SMILES string of the molecule is OCCN(Cc1ccccc1)Cc1cccn1-c1cccc(Cl)c1Cl. The summed E-state index contributed by atoms with van der Waals surface area (Å²) < 4.78 is 2.05. The minimum atomic E-state index is 0.117. The number of aromatic nitrogens is 1. The highest BCUT2D eigenvalue weighted by Crippen LogP contribution is 2.29. The minimum Gasteiger partial charge on any atom is -0.395 e. The summed E-state index contributed by atoms with van der Waals surface area (Å²) in [4.78, 5) is 2.21. The lowest BCUT2D eigenvalue weighted by Crippen LogP contribution is -2.27. The van der Waals surface area contributed by atoms with Crippen molar-refractivity contribution in [2.75, 3.05) is 13.2 Å². The lowest BCUT2D eigenvalue weighted by Gasteiger charge is -2.23. The topological polar surface area (TPSA) is 28.4 Å². The van der Waals surface area contributed by atoms with Crippen LogP contribution in [0.15, 0.2) is 66.9 Å². The maximum absolute atomic E-state index is 9.42. The molecule has 0 atom stereocenters. The van der Waals surface area contributed by atoms with Gasteiger partial charge in [0.1, 0.15) is 0 Å². The molecule has 0 unspecified atom stereocenters. The number of benzene rings is 2. The van der Waals surface area contributed by atoms with E-state index in [4.69, 9.17) is 23.2 Å². The fourth-order valence-corrected chi connectivity index (χ4v) is 3.27. The molecule has 0 spiro atoms. The van der Waals surface area contributed by atoms with Gasteiger partial charge in [0.05, 0.1) is 22.3 Å². The van der Waals surface area contributed by atoms with Crippen molar-refractivity contribution in [2.45, 2.75) is 13.1 Å². The van der Waals surface area contributed by atoms with Crippen LogP contribution >= 0.6 is 23.2 Å². The summed E-state index contributed by atoms with van der Waals surface area (Å²) in [6.07, 6.45) is 1.98. The van der Waals surface area contributed by atoms with E-state index in [0.717, 1.165) is 17.9 Å². The van der Waals surface area contributed by atoms with Crippen LogP contribution in [0.4, 0.5) is 0 Å². The molecule has 0 saturated carbocycles. The zero-order valence-corrected chi connectivity index (χ0v) is 15.3. The van der Waals surface area contributed by atoms with Gasteiger partial charge in [0.15, 0.2) is 0 Å². The number of halogens is 2. The van der Waals surface area contributed by atoms with Crippen molar-refractivity contribution >= 4 is 23.2 Å². The molecule has 3 nitrogen and oxygen atoms in total. The summed E-state index contributed by atoms with van der Waals surface area (Å²) >= 11 is 12.5. The highest BCUT2D eigenvalue weighted by atomic mass is 35.5. The molecule has 0 aliphatic carbocycles. The zero-order valence-electron chi connectivity index (χ0n) is 13.8. The largest absolute Gasteiger partial charge is 0.395 e. The highest BCUT2D eigenvalue weighted by Gasteiger charge is 2.13. The van der Waals surface area contributed by atoms with Gasteiger partial charge in [-0.3, -0.25) is 4.90 Å². The van der Waals surface area contributed by atoms with E-state index in [1.165, 1.54) is 5.56 Å². The first-order valence-electron chi connectivity index (χ1n) is 8.17. The number of aliphatic hydroxyl groups is 1. The quantitative estimate of drug-likeness (QED) is 0.644. The molecule has 0 saturated heterocycles. The average Bonchev–Trinajstić information content (AvgIpc) is 3.06. The lowest BCUT2D eigenvalue weighted by atomic mass is 10.2. The number of aliphatic hydroxyl groups excluding tert-OH is 1. The predicted molar refractivity (Wildman–Crippen MR) is 103 cm³/mol. The molecule has 0 aliphatic rings. The summed E-state index contributed by atoms with van der Waals surface area (Å²) in [5.74, 6) is 0. The van der Waals surface area contributed by atoms with Crippen molar-refractivity contribution in [2.24, 2.45) is 0 Å². The van der Waals surface area contributed by atoms with Gasteiger partial charge in [0.2, 0.25) is 0 Å². The number of nitrogens with zero attached hydrogens (tertiary/aromatic N) is 2. The Labute approximate surface area is 158 Å². The van der Waals surface area contributed by atoms with Crippen LogP contribution in [0.2, 0.25) is 10.0 Å². The summed E-state index contributed by atoms with van der Waals surface area (Å²) in [7, 11) is 0. The van der Waals surface area contributed by atoms with Crippen LogP contribution in [-0.2, 0) is 13.1 Å². The molecule has 0 fully saturated rings. The summed E-state index contributed by atoms with van der Waals surface area (Å²) in [5, 5.41) is 10.5. The Morgan fingerprint density at radius 1 is 0.880 bits per heavy atom. The molecule has 3 rings (SSSR count). The fourth-order valence-electron chi connectivity index (χ4n) is 2.88. The van der Waals surface area contributed by atoms with Crippen LogP contribution in [0.1, 0.15) is 11.3 Å². The first-order chi connectivity index (χ1) is 12.2. The Morgan fingerprint density at radius 2 is 1.68 bits per heavy atom. The van der Waals surface area contributed by atoms with Crippen LogP contribution in [-0.4, -0.2) is 27.7 Å². The van der Waals surface area contributed by atoms with Gasteiger partial charge in [0, 0.05) is 31.5 Å².